The SMILES string of the molecule is COC(=O)c1cc(NC(=O)CCN)ccc1C#CCCCCCCN. The van der Waals surface area contributed by atoms with Crippen LogP contribution in [0.1, 0.15) is 54.4 Å². The van der Waals surface area contributed by atoms with Crippen LogP contribution in [-0.4, -0.2) is 32.1 Å². The number of carbonyl (C=O) groups excluding carboxylic acids is 2. The minimum absolute atomic E-state index is 0.199. The number of hydrogen-bond acceptors (Lipinski definition) is 5. The molecule has 1 aromatic rings. The number of methoxy groups -OCH3 is 1. The minimum atomic E-state index is -0.484. The van der Waals surface area contributed by atoms with Gasteiger partial charge in [0.1, 0.15) is 0 Å². The normalized spacial score (nSPS) is 9.88. The molecule has 1 rings (SSSR count). The van der Waals surface area contributed by atoms with Crippen LogP contribution in [0.2, 0.25) is 0 Å². The second-order valence-electron chi connectivity index (χ2n) is 5.59. The van der Waals surface area contributed by atoms with Crippen molar-refractivity contribution in [2.45, 2.75) is 38.5 Å². The van der Waals surface area contributed by atoms with Gasteiger partial charge in [-0.25, -0.2) is 4.79 Å². The van der Waals surface area contributed by atoms with Crippen LogP contribution in [0.3, 0.4) is 0 Å². The molecule has 0 fully saturated rings. The van der Waals surface area contributed by atoms with Crippen molar-refractivity contribution in [2.24, 2.45) is 11.5 Å². The lowest BCUT2D eigenvalue weighted by Crippen LogP contribution is -2.16. The number of ether oxygens (including phenoxy) is 1. The second kappa shape index (κ2) is 12.1. The number of nitrogens with two attached hydrogens (primary N) is 2. The lowest BCUT2D eigenvalue weighted by atomic mass is 10.1. The van der Waals surface area contributed by atoms with Gasteiger partial charge in [-0.2, -0.15) is 0 Å². The largest absolute Gasteiger partial charge is 0.465 e. The van der Waals surface area contributed by atoms with Crippen LogP contribution < -0.4 is 16.8 Å². The molecule has 25 heavy (non-hydrogen) atoms. The molecule has 0 radical (unpaired) electrons. The Hall–Kier alpha value is -2.36. The molecule has 1 aromatic carbocycles. The van der Waals surface area contributed by atoms with Crippen molar-refractivity contribution < 1.29 is 14.3 Å². The Labute approximate surface area is 149 Å². The van der Waals surface area contributed by atoms with Crippen LogP contribution in [0.25, 0.3) is 0 Å². The van der Waals surface area contributed by atoms with Crippen molar-refractivity contribution in [2.75, 3.05) is 25.5 Å². The molecule has 136 valence electrons. The number of anilines is 1. The van der Waals surface area contributed by atoms with E-state index in [9.17, 15) is 9.59 Å². The highest BCUT2D eigenvalue weighted by Crippen LogP contribution is 2.17. The van der Waals surface area contributed by atoms with Crippen molar-refractivity contribution in [1.82, 2.24) is 0 Å². The van der Waals surface area contributed by atoms with Gasteiger partial charge in [-0.1, -0.05) is 24.7 Å². The van der Waals surface area contributed by atoms with Crippen LogP contribution in [0, 0.1) is 11.8 Å². The Kier molecular flexibility index (Phi) is 9.98. The molecular formula is C19H27N3O3. The summed E-state index contributed by atoms with van der Waals surface area (Å²) >= 11 is 0. The molecule has 0 aliphatic carbocycles. The Morgan fingerprint density at radius 1 is 1.12 bits per heavy atom. The summed E-state index contributed by atoms with van der Waals surface area (Å²) in [6.07, 6.45) is 5.25. The molecule has 0 saturated carbocycles. The summed E-state index contributed by atoms with van der Waals surface area (Å²) in [5.74, 6) is 5.42. The first-order chi connectivity index (χ1) is 12.1. The maximum Gasteiger partial charge on any atom is 0.339 e. The van der Waals surface area contributed by atoms with Crippen LogP contribution in [-0.2, 0) is 9.53 Å². The number of carbonyl (C=O) groups is 2. The van der Waals surface area contributed by atoms with Gasteiger partial charge in [-0.3, -0.25) is 4.79 Å². The lowest BCUT2D eigenvalue weighted by molar-refractivity contribution is -0.116. The van der Waals surface area contributed by atoms with Crippen molar-refractivity contribution in [1.29, 1.82) is 0 Å². The molecule has 0 aromatic heterocycles. The van der Waals surface area contributed by atoms with E-state index in [2.05, 4.69) is 17.2 Å². The van der Waals surface area contributed by atoms with E-state index < -0.39 is 5.97 Å². The molecule has 0 unspecified atom stereocenters. The third kappa shape index (κ3) is 7.84. The Morgan fingerprint density at radius 3 is 2.56 bits per heavy atom. The highest BCUT2D eigenvalue weighted by molar-refractivity contribution is 5.96. The predicted octanol–water partition coefficient (Wildman–Crippen LogP) is 2.02. The van der Waals surface area contributed by atoms with E-state index >= 15 is 0 Å². The predicted molar refractivity (Wildman–Crippen MR) is 99.1 cm³/mol. The number of esters is 1. The van der Waals surface area contributed by atoms with Crippen molar-refractivity contribution >= 4 is 17.6 Å². The Balaban J connectivity index is 2.78. The van der Waals surface area contributed by atoms with Gasteiger partial charge >= 0.3 is 5.97 Å². The van der Waals surface area contributed by atoms with Crippen LogP contribution in [0.4, 0.5) is 5.69 Å². The number of nitrogens with one attached hydrogen (secondary N) is 1. The zero-order valence-corrected chi connectivity index (χ0v) is 14.8. The summed E-state index contributed by atoms with van der Waals surface area (Å²) in [4.78, 5) is 23.6. The van der Waals surface area contributed by atoms with E-state index in [1.165, 1.54) is 7.11 Å². The van der Waals surface area contributed by atoms with Gasteiger partial charge in [0, 0.05) is 30.6 Å². The fraction of sp³-hybridized carbons (Fsp3) is 0.474. The fourth-order valence-corrected chi connectivity index (χ4v) is 2.23. The topological polar surface area (TPSA) is 107 Å². The van der Waals surface area contributed by atoms with Gasteiger partial charge in [0.25, 0.3) is 0 Å². The van der Waals surface area contributed by atoms with E-state index in [1.807, 2.05) is 0 Å². The number of benzene rings is 1. The number of rotatable bonds is 9. The maximum atomic E-state index is 12.0. The van der Waals surface area contributed by atoms with Gasteiger partial charge in [0.15, 0.2) is 0 Å². The van der Waals surface area contributed by atoms with Gasteiger partial charge in [-0.15, -0.1) is 0 Å². The summed E-state index contributed by atoms with van der Waals surface area (Å²) in [6, 6.07) is 5.00. The molecule has 5 N–H and O–H groups in total. The number of unbranched alkanes of at least 4 members (excludes halogenated alkanes) is 4. The summed E-state index contributed by atoms with van der Waals surface area (Å²) in [5, 5.41) is 2.70. The number of hydrogen-bond donors (Lipinski definition) is 3. The first kappa shape index (κ1) is 20.7. The molecule has 0 heterocycles. The van der Waals surface area contributed by atoms with Gasteiger partial charge in [0.05, 0.1) is 12.7 Å². The highest BCUT2D eigenvalue weighted by atomic mass is 16.5. The molecule has 0 spiro atoms. The first-order valence-corrected chi connectivity index (χ1v) is 8.53. The molecule has 0 saturated heterocycles. The minimum Gasteiger partial charge on any atom is -0.465 e. The quantitative estimate of drug-likeness (QED) is 0.360. The van der Waals surface area contributed by atoms with E-state index in [0.717, 1.165) is 38.6 Å². The molecule has 0 atom stereocenters. The zero-order valence-electron chi connectivity index (χ0n) is 14.8. The third-order valence-electron chi connectivity index (χ3n) is 3.56. The molecule has 0 aliphatic heterocycles. The van der Waals surface area contributed by atoms with Crippen molar-refractivity contribution in [3.63, 3.8) is 0 Å². The summed E-state index contributed by atoms with van der Waals surface area (Å²) < 4.78 is 4.80. The molecule has 0 bridgehead atoms. The van der Waals surface area contributed by atoms with Crippen LogP contribution in [0.5, 0.6) is 0 Å². The van der Waals surface area contributed by atoms with Gasteiger partial charge in [0.2, 0.25) is 5.91 Å². The first-order valence-electron chi connectivity index (χ1n) is 8.53. The fourth-order valence-electron chi connectivity index (χ4n) is 2.23. The van der Waals surface area contributed by atoms with Crippen molar-refractivity contribution in [3.05, 3.63) is 29.3 Å². The summed E-state index contributed by atoms with van der Waals surface area (Å²) in [5.41, 5.74) is 12.3. The molecule has 6 heteroatoms. The number of amides is 1. The average Bonchev–Trinajstić information content (AvgIpc) is 2.61. The highest BCUT2D eigenvalue weighted by Gasteiger charge is 2.12. The van der Waals surface area contributed by atoms with Crippen LogP contribution >= 0.6 is 0 Å². The summed E-state index contributed by atoms with van der Waals surface area (Å²) in [6.45, 7) is 0.993. The van der Waals surface area contributed by atoms with E-state index in [4.69, 9.17) is 16.2 Å². The van der Waals surface area contributed by atoms with Gasteiger partial charge in [-0.05, 0) is 37.6 Å². The van der Waals surface area contributed by atoms with Gasteiger partial charge < -0.3 is 21.5 Å². The van der Waals surface area contributed by atoms with E-state index in [0.29, 0.717) is 16.8 Å². The lowest BCUT2D eigenvalue weighted by Gasteiger charge is -2.08. The average molecular weight is 345 g/mol. The van der Waals surface area contributed by atoms with E-state index in [-0.39, 0.29) is 18.9 Å². The van der Waals surface area contributed by atoms with Crippen molar-refractivity contribution in [3.8, 4) is 11.8 Å². The zero-order chi connectivity index (χ0) is 18.5. The third-order valence-corrected chi connectivity index (χ3v) is 3.56. The Bertz CT molecular complexity index is 633. The molecule has 6 nitrogen and oxygen atoms in total. The van der Waals surface area contributed by atoms with E-state index in [1.54, 1.807) is 18.2 Å². The molecule has 1 amide bonds. The standard InChI is InChI=1S/C19H27N3O3/c1-25-19(24)17-14-16(22-18(23)11-13-21)10-9-15(17)8-6-4-2-3-5-7-12-20/h9-10,14H,2-5,7,11-13,20-21H2,1H3,(H,22,23). The Morgan fingerprint density at radius 2 is 1.88 bits per heavy atom. The molecule has 0 aliphatic rings. The molecular weight excluding hydrogens is 318 g/mol. The second-order valence-corrected chi connectivity index (χ2v) is 5.59. The smallest absolute Gasteiger partial charge is 0.339 e. The maximum absolute atomic E-state index is 12.0. The summed E-state index contributed by atoms with van der Waals surface area (Å²) in [7, 11) is 1.32. The monoisotopic (exact) mass is 345 g/mol. The van der Waals surface area contributed by atoms with Crippen LogP contribution in [0.15, 0.2) is 18.2 Å².